The molecule has 0 saturated heterocycles. The van der Waals surface area contributed by atoms with Crippen LogP contribution in [0.15, 0.2) is 47.9 Å². The van der Waals surface area contributed by atoms with Crippen LogP contribution in [-0.2, 0) is 15.6 Å². The van der Waals surface area contributed by atoms with Gasteiger partial charge >= 0.3 is 0 Å². The second kappa shape index (κ2) is 7.19. The molecular weight excluding hydrogens is 314 g/mol. The largest absolute Gasteiger partial charge is 0.497 e. The second-order valence-corrected chi connectivity index (χ2v) is 6.85. The molecule has 0 aromatic heterocycles. The van der Waals surface area contributed by atoms with Crippen LogP contribution < -0.4 is 15.2 Å². The van der Waals surface area contributed by atoms with Crippen molar-refractivity contribution in [3.8, 4) is 11.5 Å². The van der Waals surface area contributed by atoms with Gasteiger partial charge in [-0.2, -0.15) is 0 Å². The molecule has 2 aromatic carbocycles. The van der Waals surface area contributed by atoms with Gasteiger partial charge in [0.25, 0.3) is 0 Å². The number of sulfone groups is 1. The summed E-state index contributed by atoms with van der Waals surface area (Å²) in [7, 11) is -0.300. The highest BCUT2D eigenvalue weighted by molar-refractivity contribution is 7.93. The molecule has 0 atom stereocenters. The molecule has 0 radical (unpaired) electrons. The van der Waals surface area contributed by atoms with Gasteiger partial charge in [-0.25, -0.2) is 8.42 Å². The minimum atomic E-state index is -3.39. The highest BCUT2D eigenvalue weighted by Gasteiger charge is 2.10. The van der Waals surface area contributed by atoms with Crippen molar-refractivity contribution in [1.82, 2.24) is 0 Å². The average Bonchev–Trinajstić information content (AvgIpc) is 2.53. The summed E-state index contributed by atoms with van der Waals surface area (Å²) in [6.45, 7) is 0. The van der Waals surface area contributed by atoms with Crippen LogP contribution in [0.5, 0.6) is 11.5 Å². The number of rotatable bonds is 6. The van der Waals surface area contributed by atoms with E-state index in [1.807, 2.05) is 0 Å². The van der Waals surface area contributed by atoms with Crippen LogP contribution in [0.25, 0.3) is 6.08 Å². The van der Waals surface area contributed by atoms with Crippen LogP contribution in [-0.4, -0.2) is 22.6 Å². The molecule has 2 N–H and O–H groups in total. The van der Waals surface area contributed by atoms with Gasteiger partial charge in [0, 0.05) is 5.41 Å². The molecule has 2 rings (SSSR count). The summed E-state index contributed by atoms with van der Waals surface area (Å²) in [4.78, 5) is 0. The first-order valence-corrected chi connectivity index (χ1v) is 8.62. The lowest BCUT2D eigenvalue weighted by molar-refractivity contribution is 0.415. The van der Waals surface area contributed by atoms with Crippen molar-refractivity contribution in [2.24, 2.45) is 0 Å². The lowest BCUT2D eigenvalue weighted by atomic mass is 10.2. The summed E-state index contributed by atoms with van der Waals surface area (Å²) >= 11 is 0. The molecule has 0 aliphatic heterocycles. The van der Waals surface area contributed by atoms with E-state index in [1.54, 1.807) is 55.7 Å². The molecule has 0 amide bonds. The van der Waals surface area contributed by atoms with E-state index in [9.17, 15) is 8.42 Å². The van der Waals surface area contributed by atoms with Gasteiger partial charge in [-0.1, -0.05) is 18.2 Å². The Kier molecular flexibility index (Phi) is 5.28. The van der Waals surface area contributed by atoms with E-state index in [1.165, 1.54) is 12.5 Å². The number of hydrogen-bond donors (Lipinski definition) is 1. The number of nitrogen functional groups attached to an aromatic ring is 1. The van der Waals surface area contributed by atoms with Gasteiger partial charge in [-0.3, -0.25) is 0 Å². The zero-order valence-electron chi connectivity index (χ0n) is 13.0. The fourth-order valence-electron chi connectivity index (χ4n) is 2.05. The van der Waals surface area contributed by atoms with Gasteiger partial charge in [0.1, 0.15) is 11.5 Å². The molecular formula is C17H19NO4S. The monoisotopic (exact) mass is 333 g/mol. The maximum absolute atomic E-state index is 12.2. The van der Waals surface area contributed by atoms with Crippen LogP contribution in [0.1, 0.15) is 11.1 Å². The number of ether oxygens (including phenoxy) is 2. The van der Waals surface area contributed by atoms with Gasteiger partial charge in [0.2, 0.25) is 0 Å². The van der Waals surface area contributed by atoms with Gasteiger partial charge in [0.05, 0.1) is 25.7 Å². The maximum Gasteiger partial charge on any atom is 0.175 e. The summed E-state index contributed by atoms with van der Waals surface area (Å²) in [5.41, 5.74) is 7.60. The molecule has 0 bridgehead atoms. The van der Waals surface area contributed by atoms with E-state index in [0.717, 1.165) is 11.3 Å². The molecule has 0 aliphatic rings. The van der Waals surface area contributed by atoms with Crippen molar-refractivity contribution in [2.45, 2.75) is 5.75 Å². The number of anilines is 1. The highest BCUT2D eigenvalue weighted by Crippen LogP contribution is 2.23. The minimum Gasteiger partial charge on any atom is -0.497 e. The molecule has 0 spiro atoms. The first-order valence-electron chi connectivity index (χ1n) is 6.91. The Morgan fingerprint density at radius 1 is 1.04 bits per heavy atom. The summed E-state index contributed by atoms with van der Waals surface area (Å²) in [5.74, 6) is 1.13. The van der Waals surface area contributed by atoms with Crippen molar-refractivity contribution in [3.05, 3.63) is 59.0 Å². The Hall–Kier alpha value is -2.47. The van der Waals surface area contributed by atoms with Crippen LogP contribution in [0, 0.1) is 0 Å². The first kappa shape index (κ1) is 16.9. The van der Waals surface area contributed by atoms with E-state index in [0.29, 0.717) is 17.0 Å². The average molecular weight is 333 g/mol. The Morgan fingerprint density at radius 2 is 1.74 bits per heavy atom. The third kappa shape index (κ3) is 4.75. The zero-order valence-corrected chi connectivity index (χ0v) is 13.8. The predicted molar refractivity (Wildman–Crippen MR) is 92.1 cm³/mol. The van der Waals surface area contributed by atoms with Crippen LogP contribution in [0.3, 0.4) is 0 Å². The summed E-state index contributed by atoms with van der Waals surface area (Å²) in [6, 6.07) is 12.1. The number of nitrogens with two attached hydrogens (primary N) is 1. The Bertz CT molecular complexity index is 796. The zero-order chi connectivity index (χ0) is 16.9. The highest BCUT2D eigenvalue weighted by atomic mass is 32.2. The molecule has 23 heavy (non-hydrogen) atoms. The van der Waals surface area contributed by atoms with Crippen molar-refractivity contribution in [3.63, 3.8) is 0 Å². The van der Waals surface area contributed by atoms with Gasteiger partial charge in [0.15, 0.2) is 9.84 Å². The van der Waals surface area contributed by atoms with Gasteiger partial charge < -0.3 is 15.2 Å². The summed E-state index contributed by atoms with van der Waals surface area (Å²) in [6.07, 6.45) is 1.56. The molecule has 0 heterocycles. The molecule has 2 aromatic rings. The van der Waals surface area contributed by atoms with E-state index in [-0.39, 0.29) is 5.75 Å². The third-order valence-corrected chi connectivity index (χ3v) is 4.53. The number of methoxy groups -OCH3 is 2. The number of hydrogen-bond acceptors (Lipinski definition) is 5. The smallest absolute Gasteiger partial charge is 0.175 e. The number of benzene rings is 2. The fourth-order valence-corrected chi connectivity index (χ4v) is 3.16. The quantitative estimate of drug-likeness (QED) is 0.822. The molecule has 0 unspecified atom stereocenters. The van der Waals surface area contributed by atoms with Crippen molar-refractivity contribution in [1.29, 1.82) is 0 Å². The lowest BCUT2D eigenvalue weighted by Gasteiger charge is -2.06. The maximum atomic E-state index is 12.2. The van der Waals surface area contributed by atoms with Crippen molar-refractivity contribution >= 4 is 21.6 Å². The SMILES string of the molecule is COc1ccc(/C=C/S(=O)(=O)Cc2ccc(OC)c(N)c2)cc1. The second-order valence-electron chi connectivity index (χ2n) is 4.96. The topological polar surface area (TPSA) is 78.6 Å². The molecule has 122 valence electrons. The van der Waals surface area contributed by atoms with Crippen LogP contribution in [0.2, 0.25) is 0 Å². The molecule has 6 heteroatoms. The van der Waals surface area contributed by atoms with E-state index < -0.39 is 9.84 Å². The fraction of sp³-hybridized carbons (Fsp3) is 0.176. The van der Waals surface area contributed by atoms with E-state index in [2.05, 4.69) is 0 Å². The van der Waals surface area contributed by atoms with Gasteiger partial charge in [-0.15, -0.1) is 0 Å². The van der Waals surface area contributed by atoms with Gasteiger partial charge in [-0.05, 0) is 41.5 Å². The lowest BCUT2D eigenvalue weighted by Crippen LogP contribution is -2.01. The van der Waals surface area contributed by atoms with Crippen molar-refractivity contribution in [2.75, 3.05) is 20.0 Å². The van der Waals surface area contributed by atoms with E-state index in [4.69, 9.17) is 15.2 Å². The third-order valence-electron chi connectivity index (χ3n) is 3.25. The van der Waals surface area contributed by atoms with Crippen LogP contribution in [0.4, 0.5) is 5.69 Å². The van der Waals surface area contributed by atoms with Crippen molar-refractivity contribution < 1.29 is 17.9 Å². The minimum absolute atomic E-state index is 0.117. The molecule has 0 saturated carbocycles. The predicted octanol–water partition coefficient (Wildman–Crippen LogP) is 2.87. The first-order chi connectivity index (χ1) is 10.9. The summed E-state index contributed by atoms with van der Waals surface area (Å²) in [5, 5.41) is 1.20. The Morgan fingerprint density at radius 3 is 2.30 bits per heavy atom. The normalized spacial score (nSPS) is 11.6. The standard InChI is InChI=1S/C17H19NO4S/c1-21-15-6-3-13(4-7-15)9-10-23(19,20)12-14-5-8-17(22-2)16(18)11-14/h3-11H,12,18H2,1-2H3/b10-9+. The Balaban J connectivity index is 2.11. The molecule has 0 fully saturated rings. The molecule has 5 nitrogen and oxygen atoms in total. The summed E-state index contributed by atoms with van der Waals surface area (Å²) < 4.78 is 34.5. The van der Waals surface area contributed by atoms with Crippen LogP contribution >= 0.6 is 0 Å². The molecule has 0 aliphatic carbocycles. The Labute approximate surface area is 136 Å². The van der Waals surface area contributed by atoms with E-state index >= 15 is 0 Å².